The van der Waals surface area contributed by atoms with Gasteiger partial charge in [0.2, 0.25) is 5.91 Å². The van der Waals surface area contributed by atoms with Crippen molar-refractivity contribution in [3.05, 3.63) is 110 Å². The molecule has 5 rings (SSSR count). The number of imide groups is 1. The maximum Gasteiger partial charge on any atom is 0.294 e. The van der Waals surface area contributed by atoms with Crippen LogP contribution in [-0.4, -0.2) is 38.0 Å². The van der Waals surface area contributed by atoms with Crippen LogP contribution in [0.1, 0.15) is 11.1 Å². The molecule has 1 aliphatic rings. The van der Waals surface area contributed by atoms with E-state index < -0.39 is 28.5 Å². The van der Waals surface area contributed by atoms with Crippen molar-refractivity contribution in [2.45, 2.75) is 6.54 Å². The summed E-state index contributed by atoms with van der Waals surface area (Å²) in [5.74, 6) is -1.02. The summed E-state index contributed by atoms with van der Waals surface area (Å²) in [6.45, 7) is 0.0638. The Morgan fingerprint density at radius 3 is 2.47 bits per heavy atom. The van der Waals surface area contributed by atoms with Gasteiger partial charge in [-0.2, -0.15) is 0 Å². The van der Waals surface area contributed by atoms with Crippen LogP contribution >= 0.6 is 27.7 Å². The third-order valence-corrected chi connectivity index (χ3v) is 7.53. The van der Waals surface area contributed by atoms with Gasteiger partial charge in [-0.1, -0.05) is 42.5 Å². The lowest BCUT2D eigenvalue weighted by Crippen LogP contribution is -2.36. The van der Waals surface area contributed by atoms with Crippen molar-refractivity contribution in [3.63, 3.8) is 0 Å². The highest BCUT2D eigenvalue weighted by Gasteiger charge is 2.36. The minimum atomic E-state index is -0.533. The van der Waals surface area contributed by atoms with Crippen LogP contribution in [0, 0.1) is 10.1 Å². The molecule has 0 unspecified atom stereocenters. The summed E-state index contributed by atoms with van der Waals surface area (Å²) in [4.78, 5) is 49.9. The molecule has 1 saturated heterocycles. The molecule has 0 atom stereocenters. The number of hydrogen-bond acceptors (Lipinski definition) is 6. The van der Waals surface area contributed by atoms with Gasteiger partial charge in [-0.05, 0) is 57.5 Å². The third kappa shape index (κ3) is 5.24. The number of thioether (sulfide) groups is 1. The smallest absolute Gasteiger partial charge is 0.294 e. The van der Waals surface area contributed by atoms with E-state index >= 15 is 0 Å². The molecule has 0 aliphatic carbocycles. The fourth-order valence-electron chi connectivity index (χ4n) is 4.11. The number of non-ortho nitro benzene ring substituents is 1. The van der Waals surface area contributed by atoms with Gasteiger partial charge in [0.15, 0.2) is 0 Å². The number of nitro groups is 1. The molecule has 11 heteroatoms. The molecule has 2 heterocycles. The van der Waals surface area contributed by atoms with E-state index in [-0.39, 0.29) is 10.6 Å². The van der Waals surface area contributed by atoms with Crippen molar-refractivity contribution < 1.29 is 19.3 Å². The average Bonchev–Trinajstić information content (AvgIpc) is 3.37. The highest BCUT2D eigenvalue weighted by molar-refractivity contribution is 9.10. The summed E-state index contributed by atoms with van der Waals surface area (Å²) in [6.07, 6.45) is 3.53. The Bertz CT molecular complexity index is 1630. The molecular formula is C27H19BrN4O5S. The lowest BCUT2D eigenvalue weighted by atomic mass is 10.1. The molecule has 0 spiro atoms. The van der Waals surface area contributed by atoms with Gasteiger partial charge in [0.05, 0.1) is 15.5 Å². The Morgan fingerprint density at radius 2 is 1.74 bits per heavy atom. The molecule has 3 aromatic carbocycles. The van der Waals surface area contributed by atoms with Crippen LogP contribution in [0.3, 0.4) is 0 Å². The van der Waals surface area contributed by atoms with Crippen molar-refractivity contribution >= 4 is 73.1 Å². The second-order valence-corrected chi connectivity index (χ2v) is 10.3. The largest absolute Gasteiger partial charge is 0.342 e. The molecule has 3 amide bonds. The number of carbonyl (C=O) groups excluding carboxylic acids is 3. The van der Waals surface area contributed by atoms with Crippen LogP contribution in [0.4, 0.5) is 16.2 Å². The Morgan fingerprint density at radius 1 is 1.03 bits per heavy atom. The fourth-order valence-corrected chi connectivity index (χ4v) is 5.33. The molecule has 1 N–H and O–H groups in total. The molecule has 0 radical (unpaired) electrons. The second-order valence-electron chi connectivity index (χ2n) is 8.45. The van der Waals surface area contributed by atoms with Crippen LogP contribution in [0.2, 0.25) is 0 Å². The van der Waals surface area contributed by atoms with Crippen LogP contribution in [-0.2, 0) is 16.1 Å². The first-order valence-corrected chi connectivity index (χ1v) is 13.0. The first-order chi connectivity index (χ1) is 18.3. The van der Waals surface area contributed by atoms with E-state index in [2.05, 4.69) is 21.2 Å². The molecule has 1 aromatic heterocycles. The number of nitro benzene ring substituents is 1. The number of amides is 3. The van der Waals surface area contributed by atoms with Crippen molar-refractivity contribution in [2.75, 3.05) is 11.9 Å². The molecule has 1 aliphatic heterocycles. The van der Waals surface area contributed by atoms with Gasteiger partial charge in [0.25, 0.3) is 16.8 Å². The zero-order valence-corrected chi connectivity index (χ0v) is 22.1. The molecule has 190 valence electrons. The van der Waals surface area contributed by atoms with Crippen LogP contribution in [0.15, 0.2) is 88.4 Å². The van der Waals surface area contributed by atoms with Gasteiger partial charge in [0, 0.05) is 45.8 Å². The number of nitrogens with one attached hydrogen (secondary N) is 1. The number of fused-ring (bicyclic) bond motifs is 1. The number of rotatable bonds is 7. The molecule has 0 bridgehead atoms. The highest BCUT2D eigenvalue weighted by Crippen LogP contribution is 2.34. The van der Waals surface area contributed by atoms with E-state index in [4.69, 9.17) is 0 Å². The number of para-hydroxylation sites is 2. The van der Waals surface area contributed by atoms with Gasteiger partial charge in [-0.25, -0.2) is 0 Å². The second kappa shape index (κ2) is 10.6. The van der Waals surface area contributed by atoms with E-state index in [0.717, 1.165) is 38.7 Å². The van der Waals surface area contributed by atoms with Crippen molar-refractivity contribution in [2.24, 2.45) is 0 Å². The number of halogens is 1. The topological polar surface area (TPSA) is 115 Å². The van der Waals surface area contributed by atoms with Gasteiger partial charge in [-0.3, -0.25) is 29.4 Å². The van der Waals surface area contributed by atoms with Crippen molar-refractivity contribution in [3.8, 4) is 0 Å². The van der Waals surface area contributed by atoms with Crippen molar-refractivity contribution in [1.82, 2.24) is 9.47 Å². The molecule has 1 fully saturated rings. The van der Waals surface area contributed by atoms with E-state index in [1.165, 1.54) is 12.1 Å². The van der Waals surface area contributed by atoms with Crippen LogP contribution < -0.4 is 5.32 Å². The summed E-state index contributed by atoms with van der Waals surface area (Å²) >= 11 is 4.15. The molecule has 0 saturated carbocycles. The van der Waals surface area contributed by atoms with E-state index in [1.807, 2.05) is 41.1 Å². The lowest BCUT2D eigenvalue weighted by Gasteiger charge is -2.13. The van der Waals surface area contributed by atoms with Gasteiger partial charge < -0.3 is 9.88 Å². The predicted octanol–water partition coefficient (Wildman–Crippen LogP) is 6.04. The standard InChI is InChI=1S/C27H19BrN4O5S/c28-21-6-2-3-7-22(21)29-25(33)16-31-26(34)24(38-27(31)35)13-18-15-30(23-8-4-1-5-20(18)23)14-17-9-11-19(12-10-17)32(36)37/h1-13,15H,14,16H2,(H,29,33)/b24-13-. The number of carbonyl (C=O) groups is 3. The van der Waals surface area contributed by atoms with Crippen molar-refractivity contribution in [1.29, 1.82) is 0 Å². The zero-order chi connectivity index (χ0) is 26.8. The minimum absolute atomic E-state index is 0.0209. The minimum Gasteiger partial charge on any atom is -0.342 e. The average molecular weight is 591 g/mol. The highest BCUT2D eigenvalue weighted by atomic mass is 79.9. The molecule has 38 heavy (non-hydrogen) atoms. The number of aromatic nitrogens is 1. The summed E-state index contributed by atoms with van der Waals surface area (Å²) in [5, 5.41) is 14.0. The Hall–Kier alpha value is -4.22. The van der Waals surface area contributed by atoms with Gasteiger partial charge >= 0.3 is 0 Å². The number of hydrogen-bond donors (Lipinski definition) is 1. The maximum atomic E-state index is 13.1. The number of anilines is 1. The predicted molar refractivity (Wildman–Crippen MR) is 150 cm³/mol. The van der Waals surface area contributed by atoms with Crippen LogP contribution in [0.25, 0.3) is 17.0 Å². The van der Waals surface area contributed by atoms with E-state index in [1.54, 1.807) is 36.4 Å². The summed E-state index contributed by atoms with van der Waals surface area (Å²) in [6, 6.07) is 21.0. The van der Waals surface area contributed by atoms with E-state index in [0.29, 0.717) is 16.7 Å². The first-order valence-electron chi connectivity index (χ1n) is 11.4. The Kier molecular flexibility index (Phi) is 7.12. The first kappa shape index (κ1) is 25.4. The maximum absolute atomic E-state index is 13.1. The molecule has 9 nitrogen and oxygen atoms in total. The fraction of sp³-hybridized carbons (Fsp3) is 0.0741. The third-order valence-electron chi connectivity index (χ3n) is 5.93. The van der Waals surface area contributed by atoms with E-state index in [9.17, 15) is 24.5 Å². The molecular weight excluding hydrogens is 572 g/mol. The zero-order valence-electron chi connectivity index (χ0n) is 19.7. The quantitative estimate of drug-likeness (QED) is 0.159. The van der Waals surface area contributed by atoms with Gasteiger partial charge in [-0.15, -0.1) is 0 Å². The summed E-state index contributed by atoms with van der Waals surface area (Å²) in [7, 11) is 0. The molecule has 4 aromatic rings. The number of benzene rings is 3. The Labute approximate surface area is 229 Å². The van der Waals surface area contributed by atoms with Crippen LogP contribution in [0.5, 0.6) is 0 Å². The Balaban J connectivity index is 1.37. The lowest BCUT2D eigenvalue weighted by molar-refractivity contribution is -0.384. The number of nitrogens with zero attached hydrogens (tertiary/aromatic N) is 3. The van der Waals surface area contributed by atoms with Gasteiger partial charge in [0.1, 0.15) is 6.54 Å². The summed E-state index contributed by atoms with van der Waals surface area (Å²) in [5.41, 5.74) is 3.09. The SMILES string of the molecule is O=C(CN1C(=O)S/C(=C\c2cn(Cc3ccc([N+](=O)[O-])cc3)c3ccccc23)C1=O)Nc1ccccc1Br. The summed E-state index contributed by atoms with van der Waals surface area (Å²) < 4.78 is 2.67. The monoisotopic (exact) mass is 590 g/mol. The normalized spacial score (nSPS) is 14.4.